The summed E-state index contributed by atoms with van der Waals surface area (Å²) in [5.74, 6) is 0.111. The lowest BCUT2D eigenvalue weighted by Crippen LogP contribution is -2.27. The molecule has 1 unspecified atom stereocenters. The van der Waals surface area contributed by atoms with Gasteiger partial charge in [-0.05, 0) is 56.0 Å². The van der Waals surface area contributed by atoms with E-state index in [1.54, 1.807) is 0 Å². The van der Waals surface area contributed by atoms with Gasteiger partial charge in [0.1, 0.15) is 0 Å². The Hall–Kier alpha value is -1.06. The zero-order valence-corrected chi connectivity index (χ0v) is 12.5. The van der Waals surface area contributed by atoms with E-state index in [-0.39, 0.29) is 18.3 Å². The highest BCUT2D eigenvalue weighted by atomic mass is 35.5. The third-order valence-electron chi connectivity index (χ3n) is 3.61. The molecule has 1 heterocycles. The lowest BCUT2D eigenvalue weighted by atomic mass is 10.1. The summed E-state index contributed by atoms with van der Waals surface area (Å²) in [6.07, 6.45) is 3.87. The van der Waals surface area contributed by atoms with Gasteiger partial charge in [-0.1, -0.05) is 13.0 Å². The van der Waals surface area contributed by atoms with E-state index in [4.69, 9.17) is 0 Å². The molecule has 1 atom stereocenters. The molecule has 0 radical (unpaired) electrons. The minimum Gasteiger partial charge on any atom is -0.326 e. The van der Waals surface area contributed by atoms with E-state index in [1.807, 2.05) is 6.07 Å². The maximum Gasteiger partial charge on any atom is 0.225 e. The number of hydrogen-bond donors (Lipinski definition) is 2. The van der Waals surface area contributed by atoms with Crippen LogP contribution in [0.25, 0.3) is 0 Å². The van der Waals surface area contributed by atoms with Gasteiger partial charge >= 0.3 is 0 Å². The molecule has 3 nitrogen and oxygen atoms in total. The van der Waals surface area contributed by atoms with E-state index in [0.717, 1.165) is 25.1 Å². The van der Waals surface area contributed by atoms with Crippen LogP contribution in [0.3, 0.4) is 0 Å². The average molecular weight is 283 g/mol. The second-order valence-corrected chi connectivity index (χ2v) is 5.04. The van der Waals surface area contributed by atoms with Crippen LogP contribution >= 0.6 is 12.4 Å². The number of halogens is 1. The summed E-state index contributed by atoms with van der Waals surface area (Å²) < 4.78 is 0. The van der Waals surface area contributed by atoms with Gasteiger partial charge in [-0.15, -0.1) is 12.4 Å². The fourth-order valence-corrected chi connectivity index (χ4v) is 2.50. The van der Waals surface area contributed by atoms with Crippen molar-refractivity contribution in [2.45, 2.75) is 45.6 Å². The molecule has 0 saturated carbocycles. The van der Waals surface area contributed by atoms with Gasteiger partial charge in [-0.2, -0.15) is 0 Å². The lowest BCUT2D eigenvalue weighted by Gasteiger charge is -2.12. The third-order valence-corrected chi connectivity index (χ3v) is 3.61. The largest absolute Gasteiger partial charge is 0.326 e. The van der Waals surface area contributed by atoms with Crippen LogP contribution in [0.1, 0.15) is 37.3 Å². The molecule has 1 aliphatic heterocycles. The predicted molar refractivity (Wildman–Crippen MR) is 82.1 cm³/mol. The van der Waals surface area contributed by atoms with Crippen LogP contribution in [0.5, 0.6) is 0 Å². The topological polar surface area (TPSA) is 41.1 Å². The van der Waals surface area contributed by atoms with Gasteiger partial charge in [0.15, 0.2) is 0 Å². The summed E-state index contributed by atoms with van der Waals surface area (Å²) in [6, 6.07) is 6.49. The Morgan fingerprint density at radius 2 is 2.26 bits per heavy atom. The van der Waals surface area contributed by atoms with E-state index in [9.17, 15) is 4.79 Å². The number of carbonyl (C=O) groups is 1. The van der Waals surface area contributed by atoms with Gasteiger partial charge in [0.05, 0.1) is 0 Å². The molecule has 1 amide bonds. The zero-order valence-electron chi connectivity index (χ0n) is 11.7. The van der Waals surface area contributed by atoms with E-state index in [1.165, 1.54) is 17.5 Å². The quantitative estimate of drug-likeness (QED) is 0.891. The lowest BCUT2D eigenvalue weighted by molar-refractivity contribution is -0.116. The van der Waals surface area contributed by atoms with Crippen molar-refractivity contribution in [3.63, 3.8) is 0 Å². The molecule has 1 saturated heterocycles. The highest BCUT2D eigenvalue weighted by Gasteiger charge is 2.17. The number of amides is 1. The van der Waals surface area contributed by atoms with Gasteiger partial charge in [0, 0.05) is 18.2 Å². The number of carbonyl (C=O) groups excluding carboxylic acids is 1. The van der Waals surface area contributed by atoms with E-state index in [0.29, 0.717) is 12.5 Å². The van der Waals surface area contributed by atoms with E-state index >= 15 is 0 Å². The van der Waals surface area contributed by atoms with Crippen LogP contribution in [-0.2, 0) is 11.2 Å². The summed E-state index contributed by atoms with van der Waals surface area (Å²) in [7, 11) is 0. The second kappa shape index (κ2) is 7.51. The summed E-state index contributed by atoms with van der Waals surface area (Å²) in [4.78, 5) is 11.9. The van der Waals surface area contributed by atoms with Crippen molar-refractivity contribution in [1.29, 1.82) is 0 Å². The van der Waals surface area contributed by atoms with Gasteiger partial charge in [-0.3, -0.25) is 4.79 Å². The Labute approximate surface area is 121 Å². The smallest absolute Gasteiger partial charge is 0.225 e. The Balaban J connectivity index is 0.00000180. The van der Waals surface area contributed by atoms with Gasteiger partial charge in [0.2, 0.25) is 5.91 Å². The highest BCUT2D eigenvalue weighted by Crippen LogP contribution is 2.17. The van der Waals surface area contributed by atoms with Crippen LogP contribution in [0.4, 0.5) is 5.69 Å². The van der Waals surface area contributed by atoms with Crippen molar-refractivity contribution in [2.75, 3.05) is 11.9 Å². The van der Waals surface area contributed by atoms with Crippen molar-refractivity contribution < 1.29 is 4.79 Å². The van der Waals surface area contributed by atoms with Crippen LogP contribution in [-0.4, -0.2) is 18.5 Å². The molecule has 106 valence electrons. The van der Waals surface area contributed by atoms with Crippen molar-refractivity contribution in [3.8, 4) is 0 Å². The Bertz CT molecular complexity index is 428. The first-order chi connectivity index (χ1) is 8.69. The Morgan fingerprint density at radius 1 is 1.47 bits per heavy atom. The van der Waals surface area contributed by atoms with Crippen molar-refractivity contribution in [2.24, 2.45) is 0 Å². The molecule has 1 fully saturated rings. The Kier molecular flexibility index (Phi) is 6.32. The highest BCUT2D eigenvalue weighted by molar-refractivity contribution is 5.91. The number of rotatable bonds is 4. The van der Waals surface area contributed by atoms with Crippen LogP contribution < -0.4 is 10.6 Å². The number of benzene rings is 1. The van der Waals surface area contributed by atoms with Crippen molar-refractivity contribution in [1.82, 2.24) is 5.32 Å². The summed E-state index contributed by atoms with van der Waals surface area (Å²) in [5.41, 5.74) is 3.50. The summed E-state index contributed by atoms with van der Waals surface area (Å²) in [5, 5.41) is 6.34. The van der Waals surface area contributed by atoms with Crippen LogP contribution in [0.2, 0.25) is 0 Å². The number of nitrogens with one attached hydrogen (secondary N) is 2. The fourth-order valence-electron chi connectivity index (χ4n) is 2.50. The monoisotopic (exact) mass is 282 g/mol. The molecule has 0 aliphatic carbocycles. The zero-order chi connectivity index (χ0) is 13.0. The molecule has 1 aromatic rings. The Morgan fingerprint density at radius 3 is 2.89 bits per heavy atom. The molecule has 19 heavy (non-hydrogen) atoms. The maximum atomic E-state index is 11.9. The van der Waals surface area contributed by atoms with Crippen molar-refractivity contribution in [3.05, 3.63) is 29.3 Å². The van der Waals surface area contributed by atoms with Gasteiger partial charge < -0.3 is 10.6 Å². The number of hydrogen-bond acceptors (Lipinski definition) is 2. The molecule has 2 N–H and O–H groups in total. The molecular formula is C15H23ClN2O. The van der Waals surface area contributed by atoms with E-state index in [2.05, 4.69) is 36.6 Å². The van der Waals surface area contributed by atoms with Crippen LogP contribution in [0.15, 0.2) is 18.2 Å². The molecule has 0 spiro atoms. The molecule has 1 aliphatic rings. The third kappa shape index (κ3) is 4.51. The predicted octanol–water partition coefficient (Wildman–Crippen LogP) is 3.06. The first-order valence-corrected chi connectivity index (χ1v) is 6.82. The first kappa shape index (κ1) is 16.0. The summed E-state index contributed by atoms with van der Waals surface area (Å²) in [6.45, 7) is 5.28. The minimum absolute atomic E-state index is 0. The first-order valence-electron chi connectivity index (χ1n) is 6.82. The molecule has 1 aromatic carbocycles. The maximum absolute atomic E-state index is 11.9. The van der Waals surface area contributed by atoms with Gasteiger partial charge in [0.25, 0.3) is 0 Å². The van der Waals surface area contributed by atoms with E-state index < -0.39 is 0 Å². The normalized spacial score (nSPS) is 17.9. The van der Waals surface area contributed by atoms with Crippen molar-refractivity contribution >= 4 is 24.0 Å². The average Bonchev–Trinajstić information content (AvgIpc) is 2.84. The number of anilines is 1. The summed E-state index contributed by atoms with van der Waals surface area (Å²) >= 11 is 0. The van der Waals surface area contributed by atoms with Gasteiger partial charge in [-0.25, -0.2) is 0 Å². The minimum atomic E-state index is 0. The standard InChI is InChI=1S/C15H22N2O.ClH/c1-3-12-9-14(7-6-11(12)2)17-15(18)10-13-5-4-8-16-13;/h6-7,9,13,16H,3-5,8,10H2,1-2H3,(H,17,18);1H. The molecule has 2 rings (SSSR count). The molecule has 0 aromatic heterocycles. The molecule has 0 bridgehead atoms. The fraction of sp³-hybridized carbons (Fsp3) is 0.533. The van der Waals surface area contributed by atoms with Crippen LogP contribution in [0, 0.1) is 6.92 Å². The second-order valence-electron chi connectivity index (χ2n) is 5.04. The molecule has 4 heteroatoms. The number of aryl methyl sites for hydroxylation is 2. The SMILES string of the molecule is CCc1cc(NC(=O)CC2CCCN2)ccc1C.Cl. The molecular weight excluding hydrogens is 260 g/mol.